The Labute approximate surface area is 135 Å². The lowest BCUT2D eigenvalue weighted by Gasteiger charge is -2.10. The molecule has 0 atom stereocenters. The summed E-state index contributed by atoms with van der Waals surface area (Å²) in [6.07, 6.45) is -4.42. The Morgan fingerprint density at radius 3 is 1.96 bits per heavy atom. The molecule has 0 aliphatic carbocycles. The van der Waals surface area contributed by atoms with E-state index < -0.39 is 23.6 Å². The first-order valence-electron chi connectivity index (χ1n) is 6.86. The molecular weight excluding hydrogens is 323 g/mol. The minimum atomic E-state index is -4.42. The molecule has 0 saturated heterocycles. The number of nitrogens with one attached hydrogen (secondary N) is 2. The Morgan fingerprint density at radius 2 is 1.46 bits per heavy atom. The first-order valence-corrected chi connectivity index (χ1v) is 6.86. The molecule has 0 bridgehead atoms. The summed E-state index contributed by atoms with van der Waals surface area (Å²) in [5.41, 5.74) is 5.54. The van der Waals surface area contributed by atoms with Crippen LogP contribution in [0.4, 0.5) is 24.5 Å². The maximum atomic E-state index is 12.4. The number of primary amides is 1. The zero-order valence-electron chi connectivity index (χ0n) is 12.4. The molecule has 0 heterocycles. The maximum absolute atomic E-state index is 12.4. The van der Waals surface area contributed by atoms with E-state index in [9.17, 15) is 22.8 Å². The lowest BCUT2D eigenvalue weighted by atomic mass is 10.2. The third-order valence-electron chi connectivity index (χ3n) is 3.12. The lowest BCUT2D eigenvalue weighted by molar-refractivity contribution is -0.137. The van der Waals surface area contributed by atoms with Gasteiger partial charge in [0.1, 0.15) is 0 Å². The highest BCUT2D eigenvalue weighted by molar-refractivity contribution is 5.94. The Hall–Kier alpha value is -3.03. The van der Waals surface area contributed by atoms with E-state index in [0.717, 1.165) is 12.1 Å². The fourth-order valence-electron chi connectivity index (χ4n) is 1.88. The van der Waals surface area contributed by atoms with Gasteiger partial charge in [0, 0.05) is 16.9 Å². The van der Waals surface area contributed by atoms with Gasteiger partial charge >= 0.3 is 6.18 Å². The third kappa shape index (κ3) is 4.73. The van der Waals surface area contributed by atoms with Crippen LogP contribution in [0, 0.1) is 0 Å². The SMILES string of the molecule is NC(=O)c1ccc(NCC(=O)Nc2ccc(C(F)(F)F)cc2)cc1. The molecule has 2 aromatic carbocycles. The average molecular weight is 337 g/mol. The van der Waals surface area contributed by atoms with Gasteiger partial charge in [-0.25, -0.2) is 0 Å². The van der Waals surface area contributed by atoms with Gasteiger partial charge in [-0.2, -0.15) is 13.2 Å². The van der Waals surface area contributed by atoms with Crippen molar-refractivity contribution in [3.63, 3.8) is 0 Å². The van der Waals surface area contributed by atoms with Gasteiger partial charge in [-0.1, -0.05) is 0 Å². The molecular formula is C16H14F3N3O2. The van der Waals surface area contributed by atoms with Gasteiger partial charge in [0.2, 0.25) is 11.8 Å². The Kier molecular flexibility index (Phi) is 5.08. The summed E-state index contributed by atoms with van der Waals surface area (Å²) in [6, 6.07) is 10.4. The molecule has 2 aromatic rings. The molecule has 0 aliphatic rings. The van der Waals surface area contributed by atoms with Crippen LogP contribution in [0.5, 0.6) is 0 Å². The number of halogens is 3. The van der Waals surface area contributed by atoms with Crippen molar-refractivity contribution in [2.75, 3.05) is 17.2 Å². The van der Waals surface area contributed by atoms with E-state index in [-0.39, 0.29) is 12.2 Å². The number of benzene rings is 2. The zero-order chi connectivity index (χ0) is 17.7. The first-order chi connectivity index (χ1) is 11.3. The number of alkyl halides is 3. The van der Waals surface area contributed by atoms with Crippen molar-refractivity contribution < 1.29 is 22.8 Å². The topological polar surface area (TPSA) is 84.2 Å². The summed E-state index contributed by atoms with van der Waals surface area (Å²) < 4.78 is 37.3. The van der Waals surface area contributed by atoms with E-state index in [4.69, 9.17) is 5.73 Å². The van der Waals surface area contributed by atoms with Gasteiger partial charge in [-0.15, -0.1) is 0 Å². The van der Waals surface area contributed by atoms with Crippen LogP contribution in [0.2, 0.25) is 0 Å². The van der Waals surface area contributed by atoms with Gasteiger partial charge < -0.3 is 16.4 Å². The number of carbonyl (C=O) groups excluding carboxylic acids is 2. The van der Waals surface area contributed by atoms with Gasteiger partial charge in [0.05, 0.1) is 12.1 Å². The molecule has 0 unspecified atom stereocenters. The minimum Gasteiger partial charge on any atom is -0.376 e. The fraction of sp³-hybridized carbons (Fsp3) is 0.125. The van der Waals surface area contributed by atoms with Gasteiger partial charge in [-0.05, 0) is 48.5 Å². The van der Waals surface area contributed by atoms with Crippen molar-refractivity contribution in [2.24, 2.45) is 5.73 Å². The lowest BCUT2D eigenvalue weighted by Crippen LogP contribution is -2.21. The second kappa shape index (κ2) is 7.03. The van der Waals surface area contributed by atoms with E-state index in [1.54, 1.807) is 12.1 Å². The van der Waals surface area contributed by atoms with Crippen LogP contribution in [-0.2, 0) is 11.0 Å². The Bertz CT molecular complexity index is 726. The molecule has 0 fully saturated rings. The molecule has 2 rings (SSSR count). The van der Waals surface area contributed by atoms with Gasteiger partial charge in [-0.3, -0.25) is 9.59 Å². The quantitative estimate of drug-likeness (QED) is 0.784. The molecule has 0 spiro atoms. The minimum absolute atomic E-state index is 0.0864. The van der Waals surface area contributed by atoms with E-state index in [2.05, 4.69) is 10.6 Å². The highest BCUT2D eigenvalue weighted by atomic mass is 19.4. The second-order valence-corrected chi connectivity index (χ2v) is 4.92. The predicted molar refractivity (Wildman–Crippen MR) is 83.5 cm³/mol. The number of nitrogens with two attached hydrogens (primary N) is 1. The van der Waals surface area contributed by atoms with Crippen LogP contribution in [0.15, 0.2) is 48.5 Å². The molecule has 5 nitrogen and oxygen atoms in total. The van der Waals surface area contributed by atoms with Crippen molar-refractivity contribution in [3.05, 3.63) is 59.7 Å². The average Bonchev–Trinajstić information content (AvgIpc) is 2.53. The summed E-state index contributed by atoms with van der Waals surface area (Å²) in [4.78, 5) is 22.7. The summed E-state index contributed by atoms with van der Waals surface area (Å²) in [5, 5.41) is 5.30. The molecule has 8 heteroatoms. The molecule has 0 aliphatic heterocycles. The number of hydrogen-bond donors (Lipinski definition) is 3. The first kappa shape index (κ1) is 17.3. The van der Waals surface area contributed by atoms with Crippen molar-refractivity contribution in [1.82, 2.24) is 0 Å². The highest BCUT2D eigenvalue weighted by Crippen LogP contribution is 2.29. The summed E-state index contributed by atoms with van der Waals surface area (Å²) in [6.45, 7) is -0.0864. The molecule has 24 heavy (non-hydrogen) atoms. The highest BCUT2D eigenvalue weighted by Gasteiger charge is 2.29. The van der Waals surface area contributed by atoms with Crippen molar-refractivity contribution in [3.8, 4) is 0 Å². The van der Waals surface area contributed by atoms with E-state index >= 15 is 0 Å². The predicted octanol–water partition coefficient (Wildman–Crippen LogP) is 2.85. The second-order valence-electron chi connectivity index (χ2n) is 4.92. The van der Waals surface area contributed by atoms with Crippen LogP contribution in [-0.4, -0.2) is 18.4 Å². The number of hydrogen-bond acceptors (Lipinski definition) is 3. The van der Waals surface area contributed by atoms with E-state index in [1.807, 2.05) is 0 Å². The molecule has 0 radical (unpaired) electrons. The largest absolute Gasteiger partial charge is 0.416 e. The van der Waals surface area contributed by atoms with Gasteiger partial charge in [0.15, 0.2) is 0 Å². The standard InChI is InChI=1S/C16H14F3N3O2/c17-16(18,19)11-3-7-13(8-4-11)22-14(23)9-21-12-5-1-10(2-6-12)15(20)24/h1-8,21H,9H2,(H2,20,24)(H,22,23). The van der Waals surface area contributed by atoms with Crippen LogP contribution >= 0.6 is 0 Å². The smallest absolute Gasteiger partial charge is 0.376 e. The monoisotopic (exact) mass is 337 g/mol. The van der Waals surface area contributed by atoms with Crippen LogP contribution in [0.3, 0.4) is 0 Å². The zero-order valence-corrected chi connectivity index (χ0v) is 12.4. The molecule has 0 aromatic heterocycles. The molecule has 126 valence electrons. The van der Waals surface area contributed by atoms with Crippen LogP contribution < -0.4 is 16.4 Å². The molecule has 0 saturated carbocycles. The summed E-state index contributed by atoms with van der Waals surface area (Å²) >= 11 is 0. The number of rotatable bonds is 5. The van der Waals surface area contributed by atoms with Crippen LogP contribution in [0.25, 0.3) is 0 Å². The number of carbonyl (C=O) groups is 2. The van der Waals surface area contributed by atoms with Crippen molar-refractivity contribution in [1.29, 1.82) is 0 Å². The summed E-state index contributed by atoms with van der Waals surface area (Å²) in [5.74, 6) is -0.977. The van der Waals surface area contributed by atoms with E-state index in [1.165, 1.54) is 24.3 Å². The third-order valence-corrected chi connectivity index (χ3v) is 3.12. The van der Waals surface area contributed by atoms with Crippen molar-refractivity contribution >= 4 is 23.2 Å². The number of amides is 2. The van der Waals surface area contributed by atoms with E-state index in [0.29, 0.717) is 11.3 Å². The maximum Gasteiger partial charge on any atom is 0.416 e. The van der Waals surface area contributed by atoms with Crippen molar-refractivity contribution in [2.45, 2.75) is 6.18 Å². The Balaban J connectivity index is 1.88. The number of anilines is 2. The normalized spacial score (nSPS) is 11.0. The molecule has 2 amide bonds. The fourth-order valence-corrected chi connectivity index (χ4v) is 1.88. The molecule has 4 N–H and O–H groups in total. The van der Waals surface area contributed by atoms with Gasteiger partial charge in [0.25, 0.3) is 0 Å². The van der Waals surface area contributed by atoms with Crippen LogP contribution in [0.1, 0.15) is 15.9 Å². The Morgan fingerprint density at radius 1 is 0.917 bits per heavy atom. The summed E-state index contributed by atoms with van der Waals surface area (Å²) in [7, 11) is 0.